The van der Waals surface area contributed by atoms with E-state index in [0.29, 0.717) is 0 Å². The Morgan fingerprint density at radius 1 is 0.214 bits per heavy atom. The second-order valence-corrected chi connectivity index (χ2v) is 18.2. The Morgan fingerprint density at radius 2 is 0.529 bits per heavy atom. The molecule has 0 unspecified atom stereocenters. The largest absolute Gasteiger partial charge is 0.309 e. The van der Waals surface area contributed by atoms with Crippen molar-refractivity contribution in [2.45, 2.75) is 0 Å². The number of para-hydroxylation sites is 4. The van der Waals surface area contributed by atoms with Crippen LogP contribution in [-0.2, 0) is 0 Å². The van der Waals surface area contributed by atoms with Crippen LogP contribution in [-0.4, -0.2) is 28.2 Å². The van der Waals surface area contributed by atoms with Crippen LogP contribution in [0, 0.1) is 0 Å². The maximum atomic E-state index is 5.48. The summed E-state index contributed by atoms with van der Waals surface area (Å²) in [7, 11) is 0. The van der Waals surface area contributed by atoms with Crippen LogP contribution < -0.4 is 0 Å². The molecule has 0 spiro atoms. The summed E-state index contributed by atoms with van der Waals surface area (Å²) < 4.78 is 9.54. The SMILES string of the molecule is c1ccc(-c2ccc3c(n2)c2cc(-n4c5ccccc5c5ccccc54)ccc2n3-c2cccc(-n3c4ccc(-n5c6ccccc6c6ccccc65)cc4c4nc(-c5ccccc5)ccc43)c2)cc1. The first kappa shape index (κ1) is 38.6. The molecule has 6 heterocycles. The van der Waals surface area contributed by atoms with Gasteiger partial charge in [-0.2, -0.15) is 0 Å². The Labute approximate surface area is 401 Å². The van der Waals surface area contributed by atoms with E-state index in [-0.39, 0.29) is 0 Å². The second-order valence-electron chi connectivity index (χ2n) is 18.2. The third-order valence-electron chi connectivity index (χ3n) is 14.3. The van der Waals surface area contributed by atoms with Gasteiger partial charge in [0.15, 0.2) is 0 Å². The summed E-state index contributed by atoms with van der Waals surface area (Å²) in [6, 6.07) is 87.2. The predicted octanol–water partition coefficient (Wildman–Crippen LogP) is 16.2. The molecule has 326 valence electrons. The highest BCUT2D eigenvalue weighted by molar-refractivity contribution is 6.13. The summed E-state index contributed by atoms with van der Waals surface area (Å²) in [5.41, 5.74) is 19.2. The minimum absolute atomic E-state index is 0.941. The maximum absolute atomic E-state index is 5.48. The summed E-state index contributed by atoms with van der Waals surface area (Å²) >= 11 is 0. The fourth-order valence-electron chi connectivity index (χ4n) is 11.3. The Balaban J connectivity index is 0.957. The summed E-state index contributed by atoms with van der Waals surface area (Å²) in [5, 5.41) is 7.12. The van der Waals surface area contributed by atoms with Gasteiger partial charge < -0.3 is 18.3 Å². The first-order chi connectivity index (χ1) is 34.7. The van der Waals surface area contributed by atoms with Gasteiger partial charge in [0.25, 0.3) is 0 Å². The van der Waals surface area contributed by atoms with Gasteiger partial charge in [-0.1, -0.05) is 140 Å². The molecule has 9 aromatic carbocycles. The van der Waals surface area contributed by atoms with E-state index in [1.165, 1.54) is 43.6 Å². The Hall–Kier alpha value is -9.52. The van der Waals surface area contributed by atoms with Crippen LogP contribution >= 0.6 is 0 Å². The van der Waals surface area contributed by atoms with Crippen LogP contribution in [0.2, 0.25) is 0 Å². The van der Waals surface area contributed by atoms with Crippen molar-refractivity contribution < 1.29 is 0 Å². The first-order valence-electron chi connectivity index (χ1n) is 23.8. The summed E-state index contributed by atoms with van der Waals surface area (Å²) in [6.07, 6.45) is 0. The van der Waals surface area contributed by atoms with E-state index in [4.69, 9.17) is 9.97 Å². The molecule has 0 bridgehead atoms. The van der Waals surface area contributed by atoms with Crippen molar-refractivity contribution in [1.82, 2.24) is 28.2 Å². The topological polar surface area (TPSA) is 45.5 Å². The van der Waals surface area contributed by atoms with Gasteiger partial charge in [0.2, 0.25) is 0 Å². The number of hydrogen-bond acceptors (Lipinski definition) is 2. The Kier molecular flexibility index (Phi) is 8.26. The molecule has 70 heavy (non-hydrogen) atoms. The zero-order valence-corrected chi connectivity index (χ0v) is 37.8. The highest BCUT2D eigenvalue weighted by atomic mass is 15.0. The van der Waals surface area contributed by atoms with E-state index in [2.05, 4.69) is 261 Å². The average molecular weight is 893 g/mol. The lowest BCUT2D eigenvalue weighted by Crippen LogP contribution is -1.99. The molecule has 15 aromatic rings. The third kappa shape index (κ3) is 5.68. The van der Waals surface area contributed by atoms with Crippen molar-refractivity contribution in [3.63, 3.8) is 0 Å². The van der Waals surface area contributed by atoms with E-state index >= 15 is 0 Å². The molecule has 15 rings (SSSR count). The molecule has 0 fully saturated rings. The number of rotatable bonds is 6. The lowest BCUT2D eigenvalue weighted by molar-refractivity contribution is 1.13. The van der Waals surface area contributed by atoms with E-state index in [1.54, 1.807) is 0 Å². The molecule has 0 atom stereocenters. The van der Waals surface area contributed by atoms with Crippen molar-refractivity contribution in [3.8, 4) is 45.3 Å². The first-order valence-corrected chi connectivity index (χ1v) is 23.8. The number of nitrogens with zero attached hydrogens (tertiary/aromatic N) is 6. The second kappa shape index (κ2) is 15.0. The lowest BCUT2D eigenvalue weighted by atomic mass is 10.1. The van der Waals surface area contributed by atoms with Crippen molar-refractivity contribution in [2.75, 3.05) is 0 Å². The van der Waals surface area contributed by atoms with Crippen molar-refractivity contribution in [2.24, 2.45) is 0 Å². The van der Waals surface area contributed by atoms with Gasteiger partial charge in [-0.15, -0.1) is 0 Å². The van der Waals surface area contributed by atoms with Crippen LogP contribution in [0.25, 0.3) is 133 Å². The molecule has 0 aliphatic rings. The molecule has 0 aliphatic carbocycles. The zero-order chi connectivity index (χ0) is 45.9. The average Bonchev–Trinajstić information content (AvgIpc) is 4.15. The van der Waals surface area contributed by atoms with Crippen LogP contribution in [0.1, 0.15) is 0 Å². The normalized spacial score (nSPS) is 12.0. The molecule has 0 amide bonds. The molecule has 0 aliphatic heterocycles. The van der Waals surface area contributed by atoms with Gasteiger partial charge >= 0.3 is 0 Å². The fourth-order valence-corrected chi connectivity index (χ4v) is 11.3. The fraction of sp³-hybridized carbons (Fsp3) is 0. The zero-order valence-electron chi connectivity index (χ0n) is 37.8. The number of pyridine rings is 2. The maximum Gasteiger partial charge on any atom is 0.0971 e. The minimum atomic E-state index is 0.941. The van der Waals surface area contributed by atoms with Gasteiger partial charge in [-0.25, -0.2) is 9.97 Å². The summed E-state index contributed by atoms with van der Waals surface area (Å²) in [5.74, 6) is 0. The smallest absolute Gasteiger partial charge is 0.0971 e. The van der Waals surface area contributed by atoms with E-state index < -0.39 is 0 Å². The molecule has 0 N–H and O–H groups in total. The predicted molar refractivity (Wildman–Crippen MR) is 290 cm³/mol. The Bertz CT molecular complexity index is 4190. The van der Waals surface area contributed by atoms with Crippen LogP contribution in [0.15, 0.2) is 243 Å². The van der Waals surface area contributed by atoms with Gasteiger partial charge in [0.05, 0.1) is 66.6 Å². The van der Waals surface area contributed by atoms with Gasteiger partial charge in [0, 0.05) is 66.2 Å². The van der Waals surface area contributed by atoms with Crippen LogP contribution in [0.3, 0.4) is 0 Å². The van der Waals surface area contributed by atoms with Crippen LogP contribution in [0.4, 0.5) is 0 Å². The van der Waals surface area contributed by atoms with E-state index in [1.807, 2.05) is 0 Å². The number of hydrogen-bond donors (Lipinski definition) is 0. The standard InChI is InChI=1S/C64H40N6/c1-3-16-41(17-4-1)53-32-36-61-63(65-53)51-39-45(67-55-26-11-7-22-47(55)48-23-8-12-27-56(48)67)30-34-59(51)69(61)43-20-15-21-44(38-43)70-60-35-31-46(68-57-28-13-9-24-49(57)50-25-10-14-29-58(50)68)40-52(60)64-62(70)37-33-54(66-64)42-18-5-2-6-19-42/h1-40H. The highest BCUT2D eigenvalue weighted by Crippen LogP contribution is 2.40. The van der Waals surface area contributed by atoms with Crippen molar-refractivity contribution in [1.29, 1.82) is 0 Å². The van der Waals surface area contributed by atoms with E-state index in [9.17, 15) is 0 Å². The quantitative estimate of drug-likeness (QED) is 0.167. The lowest BCUT2D eigenvalue weighted by Gasteiger charge is -2.13. The number of aromatic nitrogens is 6. The van der Waals surface area contributed by atoms with Gasteiger partial charge in [-0.3, -0.25) is 0 Å². The summed E-state index contributed by atoms with van der Waals surface area (Å²) in [6.45, 7) is 0. The summed E-state index contributed by atoms with van der Waals surface area (Å²) in [4.78, 5) is 11.0. The third-order valence-corrected chi connectivity index (χ3v) is 14.3. The minimum Gasteiger partial charge on any atom is -0.309 e. The van der Waals surface area contributed by atoms with Crippen molar-refractivity contribution in [3.05, 3.63) is 243 Å². The highest BCUT2D eigenvalue weighted by Gasteiger charge is 2.21. The molecular weight excluding hydrogens is 853 g/mol. The molecule has 0 saturated heterocycles. The van der Waals surface area contributed by atoms with Gasteiger partial charge in [0.1, 0.15) is 0 Å². The van der Waals surface area contributed by atoms with Gasteiger partial charge in [-0.05, 0) is 103 Å². The van der Waals surface area contributed by atoms with Crippen LogP contribution in [0.5, 0.6) is 0 Å². The van der Waals surface area contributed by atoms with Crippen molar-refractivity contribution >= 4 is 87.5 Å². The molecular formula is C64H40N6. The monoisotopic (exact) mass is 892 g/mol. The number of benzene rings is 9. The Morgan fingerprint density at radius 3 is 0.929 bits per heavy atom. The molecule has 6 nitrogen and oxygen atoms in total. The molecule has 6 heteroatoms. The molecule has 0 radical (unpaired) electrons. The molecule has 0 saturated carbocycles. The number of fused-ring (bicyclic) bond motifs is 12. The van der Waals surface area contributed by atoms with E-state index in [0.717, 1.165) is 89.1 Å². The molecule has 6 aromatic heterocycles.